The zero-order chi connectivity index (χ0) is 10.1. The molecule has 0 amide bonds. The van der Waals surface area contributed by atoms with Gasteiger partial charge in [-0.2, -0.15) is 8.78 Å². The fourth-order valence-electron chi connectivity index (χ4n) is 0.518. The minimum absolute atomic E-state index is 0.299. The van der Waals surface area contributed by atoms with Crippen LogP contribution < -0.4 is 0 Å². The van der Waals surface area contributed by atoms with E-state index in [1.54, 1.807) is 0 Å². The molecule has 0 bridgehead atoms. The van der Waals surface area contributed by atoms with Crippen molar-refractivity contribution in [2.24, 2.45) is 0 Å². The Balaban J connectivity index is 2.35. The van der Waals surface area contributed by atoms with Crippen LogP contribution in [-0.2, 0) is 14.3 Å². The topological polar surface area (TPSA) is 38.8 Å². The quantitative estimate of drug-likeness (QED) is 0.385. The summed E-state index contributed by atoms with van der Waals surface area (Å²) in [5, 5.41) is 0. The Labute approximate surface area is 70.6 Å². The highest BCUT2D eigenvalue weighted by Gasteiger charge is 2.51. The second-order valence-electron chi connectivity index (χ2n) is 2.48. The number of alkyl halides is 4. The van der Waals surface area contributed by atoms with Gasteiger partial charge in [0.05, 0.1) is 6.61 Å². The summed E-state index contributed by atoms with van der Waals surface area (Å²) in [7, 11) is 0. The molecule has 0 spiro atoms. The van der Waals surface area contributed by atoms with Crippen LogP contribution in [-0.4, -0.2) is 37.6 Å². The number of halogens is 4. The van der Waals surface area contributed by atoms with Gasteiger partial charge in [-0.3, -0.25) is 0 Å². The Kier molecular flexibility index (Phi) is 2.74. The lowest BCUT2D eigenvalue weighted by Gasteiger charge is -2.12. The fraction of sp³-hybridized carbons (Fsp3) is 0.833. The number of ether oxygens (including phenoxy) is 2. The first-order valence-corrected chi connectivity index (χ1v) is 3.39. The maximum Gasteiger partial charge on any atom is 0.401 e. The number of hydrogen-bond donors (Lipinski definition) is 0. The highest BCUT2D eigenvalue weighted by atomic mass is 19.3. The molecule has 0 aromatic carbocycles. The van der Waals surface area contributed by atoms with Gasteiger partial charge in [0.25, 0.3) is 0 Å². The van der Waals surface area contributed by atoms with Gasteiger partial charge in [-0.1, -0.05) is 0 Å². The molecule has 1 fully saturated rings. The molecule has 1 atom stereocenters. The van der Waals surface area contributed by atoms with Gasteiger partial charge in [0.2, 0.25) is 0 Å². The van der Waals surface area contributed by atoms with Crippen LogP contribution in [0, 0.1) is 0 Å². The molecule has 0 aliphatic carbocycles. The molecule has 0 N–H and O–H groups in total. The predicted octanol–water partition coefficient (Wildman–Crippen LogP) is 0.829. The van der Waals surface area contributed by atoms with Gasteiger partial charge in [-0.05, 0) is 0 Å². The summed E-state index contributed by atoms with van der Waals surface area (Å²) >= 11 is 0. The summed E-state index contributed by atoms with van der Waals surface area (Å²) < 4.78 is 55.8. The normalized spacial score (nSPS) is 21.8. The molecule has 76 valence electrons. The van der Waals surface area contributed by atoms with E-state index in [2.05, 4.69) is 9.47 Å². The van der Waals surface area contributed by atoms with Crippen LogP contribution in [0.2, 0.25) is 0 Å². The maximum absolute atomic E-state index is 12.1. The monoisotopic (exact) mass is 202 g/mol. The third kappa shape index (κ3) is 2.55. The van der Waals surface area contributed by atoms with Crippen molar-refractivity contribution < 1.29 is 31.8 Å². The van der Waals surface area contributed by atoms with Crippen LogP contribution in [0.3, 0.4) is 0 Å². The van der Waals surface area contributed by atoms with Crippen molar-refractivity contribution in [1.29, 1.82) is 0 Å². The third-order valence-electron chi connectivity index (χ3n) is 1.35. The van der Waals surface area contributed by atoms with Gasteiger partial charge >= 0.3 is 18.3 Å². The predicted molar refractivity (Wildman–Crippen MR) is 31.6 cm³/mol. The Morgan fingerprint density at radius 2 is 2.15 bits per heavy atom. The van der Waals surface area contributed by atoms with E-state index >= 15 is 0 Å². The molecule has 1 heterocycles. The Morgan fingerprint density at radius 3 is 2.54 bits per heavy atom. The van der Waals surface area contributed by atoms with E-state index in [-0.39, 0.29) is 0 Å². The summed E-state index contributed by atoms with van der Waals surface area (Å²) in [6, 6.07) is 0. The summed E-state index contributed by atoms with van der Waals surface area (Å²) in [6.45, 7) is -0.103. The second-order valence-corrected chi connectivity index (χ2v) is 2.48. The van der Waals surface area contributed by atoms with Crippen LogP contribution in [0.1, 0.15) is 0 Å². The van der Waals surface area contributed by atoms with Gasteiger partial charge in [-0.25, -0.2) is 13.6 Å². The van der Waals surface area contributed by atoms with Crippen LogP contribution in [0.15, 0.2) is 0 Å². The lowest BCUT2D eigenvalue weighted by atomic mass is 10.3. The highest BCUT2D eigenvalue weighted by Crippen LogP contribution is 2.24. The third-order valence-corrected chi connectivity index (χ3v) is 1.35. The SMILES string of the molecule is O=C(OCC1CO1)C(F)(F)C(F)F. The minimum atomic E-state index is -4.73. The highest BCUT2D eigenvalue weighted by molar-refractivity contribution is 5.78. The molecule has 0 aromatic rings. The van der Waals surface area contributed by atoms with E-state index in [9.17, 15) is 22.4 Å². The molecule has 0 radical (unpaired) electrons. The summed E-state index contributed by atoms with van der Waals surface area (Å²) in [6.07, 6.45) is -4.46. The van der Waals surface area contributed by atoms with E-state index < -0.39 is 31.0 Å². The Bertz CT molecular complexity index is 202. The van der Waals surface area contributed by atoms with Crippen LogP contribution in [0.5, 0.6) is 0 Å². The van der Waals surface area contributed by atoms with Crippen molar-refractivity contribution in [3.63, 3.8) is 0 Å². The Morgan fingerprint density at radius 1 is 1.62 bits per heavy atom. The maximum atomic E-state index is 12.1. The number of esters is 1. The number of hydrogen-bond acceptors (Lipinski definition) is 3. The van der Waals surface area contributed by atoms with Gasteiger partial charge in [0.1, 0.15) is 12.7 Å². The Hall–Kier alpha value is -0.850. The van der Waals surface area contributed by atoms with Gasteiger partial charge in [-0.15, -0.1) is 0 Å². The van der Waals surface area contributed by atoms with Crippen molar-refractivity contribution in [2.45, 2.75) is 18.5 Å². The fourth-order valence-corrected chi connectivity index (χ4v) is 0.518. The van der Waals surface area contributed by atoms with E-state index in [4.69, 9.17) is 0 Å². The van der Waals surface area contributed by atoms with Crippen LogP contribution >= 0.6 is 0 Å². The molecule has 1 saturated heterocycles. The molecule has 1 aliphatic rings. The van der Waals surface area contributed by atoms with Gasteiger partial charge in [0.15, 0.2) is 0 Å². The first-order chi connectivity index (χ1) is 5.94. The van der Waals surface area contributed by atoms with Crippen molar-refractivity contribution in [3.8, 4) is 0 Å². The number of carbonyl (C=O) groups excluding carboxylic acids is 1. The first kappa shape index (κ1) is 10.2. The molecule has 1 rings (SSSR count). The zero-order valence-electron chi connectivity index (χ0n) is 6.31. The van der Waals surface area contributed by atoms with Crippen molar-refractivity contribution in [2.75, 3.05) is 13.2 Å². The molecular formula is C6H6F4O3. The molecule has 0 saturated carbocycles. The molecular weight excluding hydrogens is 196 g/mol. The number of rotatable bonds is 4. The number of carbonyl (C=O) groups is 1. The number of epoxide rings is 1. The molecule has 1 unspecified atom stereocenters. The molecule has 7 heteroatoms. The molecule has 13 heavy (non-hydrogen) atoms. The van der Waals surface area contributed by atoms with Gasteiger partial charge in [0, 0.05) is 0 Å². The lowest BCUT2D eigenvalue weighted by Crippen LogP contribution is -2.38. The zero-order valence-corrected chi connectivity index (χ0v) is 6.31. The first-order valence-electron chi connectivity index (χ1n) is 3.39. The minimum Gasteiger partial charge on any atom is -0.458 e. The van der Waals surface area contributed by atoms with Gasteiger partial charge < -0.3 is 9.47 Å². The average Bonchev–Trinajstić information content (AvgIpc) is 2.82. The molecule has 0 aromatic heterocycles. The summed E-state index contributed by atoms with van der Waals surface area (Å²) in [5.74, 6) is -6.94. The largest absolute Gasteiger partial charge is 0.458 e. The van der Waals surface area contributed by atoms with E-state index in [0.717, 1.165) is 0 Å². The summed E-state index contributed by atoms with van der Waals surface area (Å²) in [4.78, 5) is 10.3. The molecule has 1 aliphatic heterocycles. The lowest BCUT2D eigenvalue weighted by molar-refractivity contribution is -0.194. The van der Waals surface area contributed by atoms with Crippen molar-refractivity contribution in [1.82, 2.24) is 0 Å². The van der Waals surface area contributed by atoms with Crippen LogP contribution in [0.25, 0.3) is 0 Å². The van der Waals surface area contributed by atoms with Crippen molar-refractivity contribution in [3.05, 3.63) is 0 Å². The molecule has 3 nitrogen and oxygen atoms in total. The van der Waals surface area contributed by atoms with Crippen LogP contribution in [0.4, 0.5) is 17.6 Å². The standard InChI is InChI=1S/C6H6F4O3/c7-4(8)6(9,10)5(11)13-2-3-1-12-3/h3-4H,1-2H2. The average molecular weight is 202 g/mol. The smallest absolute Gasteiger partial charge is 0.401 e. The van der Waals surface area contributed by atoms with E-state index in [1.807, 2.05) is 0 Å². The summed E-state index contributed by atoms with van der Waals surface area (Å²) in [5.41, 5.74) is 0. The van der Waals surface area contributed by atoms with Crippen molar-refractivity contribution >= 4 is 5.97 Å². The van der Waals surface area contributed by atoms with E-state index in [1.165, 1.54) is 0 Å². The second kappa shape index (κ2) is 3.49. The van der Waals surface area contributed by atoms with E-state index in [0.29, 0.717) is 6.61 Å².